The summed E-state index contributed by atoms with van der Waals surface area (Å²) in [6.07, 6.45) is 5.32. The predicted octanol–water partition coefficient (Wildman–Crippen LogP) is 4.65. The highest BCUT2D eigenvalue weighted by atomic mass is 16.5. The maximum atomic E-state index is 5.54. The zero-order valence-corrected chi connectivity index (χ0v) is 11.8. The summed E-state index contributed by atoms with van der Waals surface area (Å²) in [5.41, 5.74) is 0.858. The van der Waals surface area contributed by atoms with Crippen molar-refractivity contribution in [2.24, 2.45) is 10.8 Å². The van der Waals surface area contributed by atoms with Crippen molar-refractivity contribution in [2.45, 2.75) is 73.3 Å². The van der Waals surface area contributed by atoms with Gasteiger partial charge in [-0.25, -0.2) is 0 Å². The molecule has 1 heteroatoms. The van der Waals surface area contributed by atoms with Gasteiger partial charge in [-0.2, -0.15) is 0 Å². The largest absolute Gasteiger partial charge is 0.381 e. The molecular formula is C14H30O. The van der Waals surface area contributed by atoms with Crippen LogP contribution in [0.5, 0.6) is 0 Å². The lowest BCUT2D eigenvalue weighted by molar-refractivity contribution is 0.0677. The molecule has 15 heavy (non-hydrogen) atoms. The quantitative estimate of drug-likeness (QED) is 0.647. The fraction of sp³-hybridized carbons (Fsp3) is 1.00. The van der Waals surface area contributed by atoms with Crippen LogP contribution >= 0.6 is 0 Å². The summed E-state index contributed by atoms with van der Waals surface area (Å²) in [6, 6.07) is 0. The SMILES string of the molecule is COC(CCC(C)(C)C)CCC(C)(C)C. The lowest BCUT2D eigenvalue weighted by Gasteiger charge is -2.25. The van der Waals surface area contributed by atoms with Crippen molar-refractivity contribution in [3.8, 4) is 0 Å². The Morgan fingerprint density at radius 3 is 1.33 bits per heavy atom. The van der Waals surface area contributed by atoms with Gasteiger partial charge in [0.05, 0.1) is 6.10 Å². The van der Waals surface area contributed by atoms with Crippen LogP contribution in [0.4, 0.5) is 0 Å². The summed E-state index contributed by atoms with van der Waals surface area (Å²) in [5.74, 6) is 0. The molecule has 92 valence electrons. The summed E-state index contributed by atoms with van der Waals surface area (Å²) in [4.78, 5) is 0. The van der Waals surface area contributed by atoms with Gasteiger partial charge in [0.1, 0.15) is 0 Å². The lowest BCUT2D eigenvalue weighted by Crippen LogP contribution is -2.18. The fourth-order valence-corrected chi connectivity index (χ4v) is 1.57. The van der Waals surface area contributed by atoms with E-state index in [0.29, 0.717) is 16.9 Å². The van der Waals surface area contributed by atoms with Crippen LogP contribution in [-0.2, 0) is 4.74 Å². The molecule has 0 aliphatic rings. The Kier molecular flexibility index (Phi) is 5.87. The fourth-order valence-electron chi connectivity index (χ4n) is 1.57. The molecule has 0 heterocycles. The van der Waals surface area contributed by atoms with Gasteiger partial charge in [-0.1, -0.05) is 41.5 Å². The molecule has 0 aromatic heterocycles. The Balaban J connectivity index is 3.84. The molecule has 0 unspecified atom stereocenters. The van der Waals surface area contributed by atoms with Crippen LogP contribution in [-0.4, -0.2) is 13.2 Å². The lowest BCUT2D eigenvalue weighted by atomic mass is 9.85. The first-order chi connectivity index (χ1) is 6.64. The first-order valence-corrected chi connectivity index (χ1v) is 6.17. The molecule has 0 atom stereocenters. The van der Waals surface area contributed by atoms with Crippen molar-refractivity contribution in [3.63, 3.8) is 0 Å². The summed E-state index contributed by atoms with van der Waals surface area (Å²) in [7, 11) is 1.84. The molecule has 1 nitrogen and oxygen atoms in total. The van der Waals surface area contributed by atoms with Gasteiger partial charge in [0, 0.05) is 7.11 Å². The number of hydrogen-bond donors (Lipinski definition) is 0. The second-order valence-corrected chi connectivity index (χ2v) is 7.06. The Bertz CT molecular complexity index is 141. The molecule has 0 aliphatic heterocycles. The van der Waals surface area contributed by atoms with Gasteiger partial charge >= 0.3 is 0 Å². The molecule has 0 amide bonds. The van der Waals surface area contributed by atoms with E-state index in [1.54, 1.807) is 0 Å². The Labute approximate surface area is 96.6 Å². The first kappa shape index (κ1) is 15.0. The van der Waals surface area contributed by atoms with Gasteiger partial charge in [0.2, 0.25) is 0 Å². The van der Waals surface area contributed by atoms with Crippen LogP contribution in [0.1, 0.15) is 67.2 Å². The smallest absolute Gasteiger partial charge is 0.0571 e. The zero-order chi connectivity index (χ0) is 12.1. The summed E-state index contributed by atoms with van der Waals surface area (Å²) in [5, 5.41) is 0. The summed E-state index contributed by atoms with van der Waals surface area (Å²) >= 11 is 0. The van der Waals surface area contributed by atoms with Gasteiger partial charge in [0.25, 0.3) is 0 Å². The molecule has 0 aromatic rings. The van der Waals surface area contributed by atoms with Gasteiger partial charge < -0.3 is 4.74 Å². The molecule has 0 spiro atoms. The van der Waals surface area contributed by atoms with E-state index in [0.717, 1.165) is 0 Å². The molecule has 0 aromatic carbocycles. The van der Waals surface area contributed by atoms with Crippen molar-refractivity contribution < 1.29 is 4.74 Å². The van der Waals surface area contributed by atoms with Crippen LogP contribution < -0.4 is 0 Å². The average Bonchev–Trinajstić information content (AvgIpc) is 2.00. The van der Waals surface area contributed by atoms with Gasteiger partial charge in [-0.3, -0.25) is 0 Å². The van der Waals surface area contributed by atoms with Gasteiger partial charge in [-0.15, -0.1) is 0 Å². The maximum Gasteiger partial charge on any atom is 0.0571 e. The zero-order valence-electron chi connectivity index (χ0n) is 11.8. The standard InChI is InChI=1S/C14H30O/c1-13(2,3)10-8-12(15-7)9-11-14(4,5)6/h12H,8-11H2,1-7H3. The van der Waals surface area contributed by atoms with Crippen LogP contribution in [0, 0.1) is 10.8 Å². The molecule has 0 N–H and O–H groups in total. The van der Waals surface area contributed by atoms with E-state index < -0.39 is 0 Å². The maximum absolute atomic E-state index is 5.54. The highest BCUT2D eigenvalue weighted by molar-refractivity contribution is 4.70. The number of rotatable bonds is 5. The van der Waals surface area contributed by atoms with Crippen LogP contribution in [0.25, 0.3) is 0 Å². The number of hydrogen-bond acceptors (Lipinski definition) is 1. The van der Waals surface area contributed by atoms with E-state index in [4.69, 9.17) is 4.74 Å². The van der Waals surface area contributed by atoms with E-state index in [1.165, 1.54) is 25.7 Å². The molecule has 0 saturated heterocycles. The summed E-state index contributed by atoms with van der Waals surface area (Å²) in [6.45, 7) is 13.8. The van der Waals surface area contributed by atoms with Crippen molar-refractivity contribution in [2.75, 3.05) is 7.11 Å². The molecular weight excluding hydrogens is 184 g/mol. The Hall–Kier alpha value is -0.0400. The van der Waals surface area contributed by atoms with E-state index in [1.807, 2.05) is 7.11 Å². The van der Waals surface area contributed by atoms with Crippen molar-refractivity contribution in [1.29, 1.82) is 0 Å². The molecule has 0 rings (SSSR count). The molecule has 0 fully saturated rings. The minimum Gasteiger partial charge on any atom is -0.381 e. The van der Waals surface area contributed by atoms with Crippen LogP contribution in [0.3, 0.4) is 0 Å². The highest BCUT2D eigenvalue weighted by Crippen LogP contribution is 2.27. The van der Waals surface area contributed by atoms with E-state index in [9.17, 15) is 0 Å². The predicted molar refractivity (Wildman–Crippen MR) is 68.2 cm³/mol. The first-order valence-electron chi connectivity index (χ1n) is 6.17. The minimum absolute atomic E-state index is 0.429. The van der Waals surface area contributed by atoms with Crippen LogP contribution in [0.2, 0.25) is 0 Å². The second kappa shape index (κ2) is 5.89. The third-order valence-corrected chi connectivity index (χ3v) is 2.77. The topological polar surface area (TPSA) is 9.23 Å². The van der Waals surface area contributed by atoms with Crippen molar-refractivity contribution in [1.82, 2.24) is 0 Å². The monoisotopic (exact) mass is 214 g/mol. The van der Waals surface area contributed by atoms with Gasteiger partial charge in [0.15, 0.2) is 0 Å². The van der Waals surface area contributed by atoms with Crippen molar-refractivity contribution in [3.05, 3.63) is 0 Å². The van der Waals surface area contributed by atoms with E-state index >= 15 is 0 Å². The number of ether oxygens (including phenoxy) is 1. The van der Waals surface area contributed by atoms with Crippen molar-refractivity contribution >= 4 is 0 Å². The highest BCUT2D eigenvalue weighted by Gasteiger charge is 2.17. The minimum atomic E-state index is 0.429. The number of methoxy groups -OCH3 is 1. The third kappa shape index (κ3) is 10.2. The molecule has 0 saturated carbocycles. The second-order valence-electron chi connectivity index (χ2n) is 7.06. The van der Waals surface area contributed by atoms with Gasteiger partial charge in [-0.05, 0) is 36.5 Å². The molecule has 0 radical (unpaired) electrons. The van der Waals surface area contributed by atoms with E-state index in [2.05, 4.69) is 41.5 Å². The summed E-state index contributed by atoms with van der Waals surface area (Å²) < 4.78 is 5.54. The Morgan fingerprint density at radius 2 is 1.13 bits per heavy atom. The average molecular weight is 214 g/mol. The normalized spacial score (nSPS) is 13.6. The van der Waals surface area contributed by atoms with Crippen LogP contribution in [0.15, 0.2) is 0 Å². The molecule has 0 aliphatic carbocycles. The third-order valence-electron chi connectivity index (χ3n) is 2.77. The Morgan fingerprint density at radius 1 is 0.800 bits per heavy atom. The van der Waals surface area contributed by atoms with E-state index in [-0.39, 0.29) is 0 Å². The molecule has 0 bridgehead atoms.